The summed E-state index contributed by atoms with van der Waals surface area (Å²) in [5, 5.41) is 18.5. The van der Waals surface area contributed by atoms with Crippen molar-refractivity contribution in [2.75, 3.05) is 0 Å². The predicted molar refractivity (Wildman–Crippen MR) is 52.4 cm³/mol. The lowest BCUT2D eigenvalue weighted by Crippen LogP contribution is -1.85. The van der Waals surface area contributed by atoms with Crippen LogP contribution in [0.25, 0.3) is 5.57 Å². The van der Waals surface area contributed by atoms with Crippen molar-refractivity contribution >= 4 is 16.9 Å². The Labute approximate surface area is 81.0 Å². The lowest BCUT2D eigenvalue weighted by atomic mass is 10.3. The second-order valence-electron chi connectivity index (χ2n) is 2.73. The van der Waals surface area contributed by atoms with Crippen LogP contribution in [-0.4, -0.2) is 10.1 Å². The number of aliphatic hydroxyl groups excluding tert-OH is 1. The van der Waals surface area contributed by atoms with E-state index in [9.17, 15) is 5.11 Å². The number of thiazole rings is 1. The van der Waals surface area contributed by atoms with Gasteiger partial charge in [-0.1, -0.05) is 0 Å². The van der Waals surface area contributed by atoms with E-state index >= 15 is 0 Å². The van der Waals surface area contributed by atoms with Gasteiger partial charge in [0.2, 0.25) is 0 Å². The quantitative estimate of drug-likeness (QED) is 0.552. The molecule has 0 atom stereocenters. The van der Waals surface area contributed by atoms with Crippen LogP contribution in [0, 0.1) is 25.2 Å². The fourth-order valence-electron chi connectivity index (χ4n) is 0.863. The van der Waals surface area contributed by atoms with Crippen LogP contribution in [0.1, 0.15) is 22.5 Å². The zero-order valence-corrected chi connectivity index (χ0v) is 8.57. The molecule has 1 rings (SSSR count). The summed E-state index contributed by atoms with van der Waals surface area (Å²) in [6.07, 6.45) is 0. The molecular weight excluding hydrogens is 184 g/mol. The molecule has 0 radical (unpaired) electrons. The number of aryl methyl sites for hydroxylation is 2. The average Bonchev–Trinajstić information content (AvgIpc) is 2.32. The highest BCUT2D eigenvalue weighted by Gasteiger charge is 2.10. The summed E-state index contributed by atoms with van der Waals surface area (Å²) in [6, 6.07) is 1.94. The van der Waals surface area contributed by atoms with Gasteiger partial charge in [0.1, 0.15) is 22.4 Å². The zero-order chi connectivity index (χ0) is 10.0. The first kappa shape index (κ1) is 9.75. The standard InChI is InChI=1S/C9H10N2OS/c1-5-7(3)13-9(11-5)8(4-10)6(2)12/h12H,1-3H3/b8-6-. The highest BCUT2D eigenvalue weighted by molar-refractivity contribution is 7.12. The molecule has 3 nitrogen and oxygen atoms in total. The van der Waals surface area contributed by atoms with Gasteiger partial charge in [0.15, 0.2) is 0 Å². The van der Waals surface area contributed by atoms with E-state index in [1.807, 2.05) is 19.9 Å². The van der Waals surface area contributed by atoms with Gasteiger partial charge in [-0.3, -0.25) is 0 Å². The zero-order valence-electron chi connectivity index (χ0n) is 7.75. The van der Waals surface area contributed by atoms with Crippen molar-refractivity contribution in [1.82, 2.24) is 4.98 Å². The molecule has 0 aromatic carbocycles. The first-order chi connectivity index (χ1) is 6.06. The third kappa shape index (κ3) is 1.87. The molecule has 4 heteroatoms. The minimum atomic E-state index is 0.0243. The maximum Gasteiger partial charge on any atom is 0.137 e. The van der Waals surface area contributed by atoms with E-state index in [0.717, 1.165) is 10.6 Å². The first-order valence-electron chi connectivity index (χ1n) is 3.80. The van der Waals surface area contributed by atoms with Gasteiger partial charge in [-0.15, -0.1) is 11.3 Å². The lowest BCUT2D eigenvalue weighted by molar-refractivity contribution is 0.418. The molecule has 13 heavy (non-hydrogen) atoms. The molecule has 1 aromatic rings. The Morgan fingerprint density at radius 3 is 2.46 bits per heavy atom. The van der Waals surface area contributed by atoms with Gasteiger partial charge in [-0.05, 0) is 20.8 Å². The Balaban J connectivity index is 3.24. The number of aliphatic hydroxyl groups is 1. The van der Waals surface area contributed by atoms with Crippen LogP contribution < -0.4 is 0 Å². The number of aromatic nitrogens is 1. The number of hydrogen-bond donors (Lipinski definition) is 1. The molecule has 0 aliphatic rings. The van der Waals surface area contributed by atoms with Gasteiger partial charge in [-0.25, -0.2) is 4.98 Å². The Bertz CT molecular complexity index is 375. The normalized spacial score (nSPS) is 12.2. The van der Waals surface area contributed by atoms with E-state index in [1.54, 1.807) is 0 Å². The number of hydrogen-bond acceptors (Lipinski definition) is 4. The first-order valence-corrected chi connectivity index (χ1v) is 4.62. The molecule has 0 fully saturated rings. The maximum absolute atomic E-state index is 9.19. The summed E-state index contributed by atoms with van der Waals surface area (Å²) >= 11 is 1.42. The molecule has 0 saturated heterocycles. The minimum Gasteiger partial charge on any atom is -0.511 e. The largest absolute Gasteiger partial charge is 0.511 e. The number of allylic oxidation sites excluding steroid dienone is 2. The summed E-state index contributed by atoms with van der Waals surface area (Å²) in [5.74, 6) is 0.0243. The van der Waals surface area contributed by atoms with Crippen molar-refractivity contribution in [2.45, 2.75) is 20.8 Å². The summed E-state index contributed by atoms with van der Waals surface area (Å²) in [4.78, 5) is 5.25. The van der Waals surface area contributed by atoms with Gasteiger partial charge in [0.05, 0.1) is 5.69 Å². The molecular formula is C9H10N2OS. The fraction of sp³-hybridized carbons (Fsp3) is 0.333. The smallest absolute Gasteiger partial charge is 0.137 e. The van der Waals surface area contributed by atoms with Crippen LogP contribution in [0.3, 0.4) is 0 Å². The highest BCUT2D eigenvalue weighted by Crippen LogP contribution is 2.24. The second kappa shape index (κ2) is 3.58. The Kier molecular flexibility index (Phi) is 2.69. The van der Waals surface area contributed by atoms with Crippen LogP contribution in [0.15, 0.2) is 5.76 Å². The van der Waals surface area contributed by atoms with Crippen molar-refractivity contribution in [1.29, 1.82) is 5.26 Å². The lowest BCUT2D eigenvalue weighted by Gasteiger charge is -1.92. The van der Waals surface area contributed by atoms with Crippen LogP contribution in [0.5, 0.6) is 0 Å². The molecule has 0 bridgehead atoms. The van der Waals surface area contributed by atoms with Gasteiger partial charge >= 0.3 is 0 Å². The molecule has 1 N–H and O–H groups in total. The summed E-state index contributed by atoms with van der Waals surface area (Å²) in [7, 11) is 0. The molecule has 68 valence electrons. The molecule has 0 amide bonds. The van der Waals surface area contributed by atoms with Gasteiger partial charge in [0.25, 0.3) is 0 Å². The van der Waals surface area contributed by atoms with E-state index in [-0.39, 0.29) is 11.3 Å². The van der Waals surface area contributed by atoms with E-state index in [2.05, 4.69) is 4.98 Å². The van der Waals surface area contributed by atoms with Gasteiger partial charge in [0, 0.05) is 4.88 Å². The second-order valence-corrected chi connectivity index (χ2v) is 3.94. The van der Waals surface area contributed by atoms with Crippen molar-refractivity contribution in [3.8, 4) is 6.07 Å². The highest BCUT2D eigenvalue weighted by atomic mass is 32.1. The van der Waals surface area contributed by atoms with Crippen molar-refractivity contribution < 1.29 is 5.11 Å². The third-order valence-electron chi connectivity index (χ3n) is 1.72. The molecule has 0 aliphatic carbocycles. The fourth-order valence-corrected chi connectivity index (χ4v) is 1.82. The summed E-state index contributed by atoms with van der Waals surface area (Å²) < 4.78 is 0. The van der Waals surface area contributed by atoms with E-state index in [0.29, 0.717) is 5.01 Å². The molecule has 0 spiro atoms. The van der Waals surface area contributed by atoms with Crippen LogP contribution in [0.2, 0.25) is 0 Å². The van der Waals surface area contributed by atoms with E-state index in [1.165, 1.54) is 18.3 Å². The van der Waals surface area contributed by atoms with Crippen molar-refractivity contribution in [2.24, 2.45) is 0 Å². The van der Waals surface area contributed by atoms with Crippen LogP contribution in [0.4, 0.5) is 0 Å². The molecule has 0 saturated carbocycles. The van der Waals surface area contributed by atoms with E-state index < -0.39 is 0 Å². The topological polar surface area (TPSA) is 56.9 Å². The minimum absolute atomic E-state index is 0.0243. The Morgan fingerprint density at radius 2 is 2.15 bits per heavy atom. The van der Waals surface area contributed by atoms with Gasteiger partial charge in [-0.2, -0.15) is 5.26 Å². The van der Waals surface area contributed by atoms with Crippen molar-refractivity contribution in [3.05, 3.63) is 21.3 Å². The molecule has 1 heterocycles. The molecule has 0 aliphatic heterocycles. The SMILES string of the molecule is C/C(O)=C(\C#N)c1nc(C)c(C)s1. The Hall–Kier alpha value is -1.34. The molecule has 1 aromatic heterocycles. The third-order valence-corrected chi connectivity index (χ3v) is 2.81. The number of nitrogens with zero attached hydrogens (tertiary/aromatic N) is 2. The van der Waals surface area contributed by atoms with Crippen LogP contribution in [-0.2, 0) is 0 Å². The van der Waals surface area contributed by atoms with E-state index in [4.69, 9.17) is 5.26 Å². The monoisotopic (exact) mass is 194 g/mol. The van der Waals surface area contributed by atoms with Crippen molar-refractivity contribution in [3.63, 3.8) is 0 Å². The maximum atomic E-state index is 9.19. The number of rotatable bonds is 1. The van der Waals surface area contributed by atoms with Crippen LogP contribution >= 0.6 is 11.3 Å². The molecule has 0 unspecified atom stereocenters. The number of nitriles is 1. The predicted octanol–water partition coefficient (Wildman–Crippen LogP) is 2.57. The summed E-state index contributed by atoms with van der Waals surface area (Å²) in [5.41, 5.74) is 1.18. The Morgan fingerprint density at radius 1 is 1.54 bits per heavy atom. The average molecular weight is 194 g/mol. The van der Waals surface area contributed by atoms with Gasteiger partial charge < -0.3 is 5.11 Å². The summed E-state index contributed by atoms with van der Waals surface area (Å²) in [6.45, 7) is 5.32.